The van der Waals surface area contributed by atoms with Crippen LogP contribution in [0.1, 0.15) is 24.0 Å². The standard InChI is InChI=1S/C13H13Cl2NO/c1-7-9(4-5-10(14)13(7)15)11(16)6-12(17)8-2-3-8/h4-6,8H,2-3,16H2,1H3. The summed E-state index contributed by atoms with van der Waals surface area (Å²) in [6.45, 7) is 1.84. The van der Waals surface area contributed by atoms with Crippen LogP contribution in [0.5, 0.6) is 0 Å². The van der Waals surface area contributed by atoms with Crippen LogP contribution < -0.4 is 5.73 Å². The Balaban J connectivity index is 2.33. The monoisotopic (exact) mass is 269 g/mol. The van der Waals surface area contributed by atoms with Gasteiger partial charge in [-0.05, 0) is 31.4 Å². The highest BCUT2D eigenvalue weighted by Crippen LogP contribution is 2.32. The lowest BCUT2D eigenvalue weighted by Crippen LogP contribution is -2.04. The third-order valence-electron chi connectivity index (χ3n) is 2.93. The highest BCUT2D eigenvalue weighted by atomic mass is 35.5. The van der Waals surface area contributed by atoms with E-state index in [1.165, 1.54) is 6.08 Å². The fourth-order valence-electron chi connectivity index (χ4n) is 1.68. The minimum atomic E-state index is 0.105. The summed E-state index contributed by atoms with van der Waals surface area (Å²) in [5, 5.41) is 0.980. The van der Waals surface area contributed by atoms with Crippen LogP contribution in [0.15, 0.2) is 18.2 Å². The maximum Gasteiger partial charge on any atom is 0.160 e. The molecule has 90 valence electrons. The smallest absolute Gasteiger partial charge is 0.160 e. The van der Waals surface area contributed by atoms with Crippen molar-refractivity contribution in [2.24, 2.45) is 11.7 Å². The first-order valence-electron chi connectivity index (χ1n) is 5.46. The summed E-state index contributed by atoms with van der Waals surface area (Å²) in [5.41, 5.74) is 7.95. The molecule has 4 heteroatoms. The Hall–Kier alpha value is -0.990. The molecule has 2 nitrogen and oxygen atoms in total. The molecular formula is C13H13Cl2NO. The predicted molar refractivity (Wildman–Crippen MR) is 71.1 cm³/mol. The topological polar surface area (TPSA) is 43.1 Å². The molecule has 1 aromatic rings. The molecule has 17 heavy (non-hydrogen) atoms. The molecule has 0 heterocycles. The molecule has 0 atom stereocenters. The van der Waals surface area contributed by atoms with E-state index in [1.807, 2.05) is 6.92 Å². The van der Waals surface area contributed by atoms with Gasteiger partial charge >= 0.3 is 0 Å². The number of hydrogen-bond donors (Lipinski definition) is 1. The molecule has 0 saturated heterocycles. The number of carbonyl (C=O) groups excluding carboxylic acids is 1. The third kappa shape index (κ3) is 2.64. The number of hydrogen-bond acceptors (Lipinski definition) is 2. The largest absolute Gasteiger partial charge is 0.398 e. The Bertz CT molecular complexity index is 504. The first kappa shape index (κ1) is 12.5. The van der Waals surface area contributed by atoms with Crippen LogP contribution in [0.25, 0.3) is 5.70 Å². The van der Waals surface area contributed by atoms with Gasteiger partial charge in [0.2, 0.25) is 0 Å². The second-order valence-electron chi connectivity index (χ2n) is 4.31. The van der Waals surface area contributed by atoms with E-state index in [-0.39, 0.29) is 11.7 Å². The van der Waals surface area contributed by atoms with Crippen molar-refractivity contribution in [3.63, 3.8) is 0 Å². The molecule has 1 aliphatic carbocycles. The molecule has 0 spiro atoms. The van der Waals surface area contributed by atoms with Gasteiger partial charge in [0.15, 0.2) is 5.78 Å². The van der Waals surface area contributed by atoms with E-state index >= 15 is 0 Å². The Morgan fingerprint density at radius 3 is 2.65 bits per heavy atom. The zero-order chi connectivity index (χ0) is 12.6. The second kappa shape index (κ2) is 4.71. The van der Waals surface area contributed by atoms with Gasteiger partial charge in [0, 0.05) is 23.3 Å². The molecule has 0 unspecified atom stereocenters. The van der Waals surface area contributed by atoms with Crippen molar-refractivity contribution in [3.8, 4) is 0 Å². The molecule has 0 amide bonds. The number of halogens is 2. The number of allylic oxidation sites excluding steroid dienone is 1. The minimum absolute atomic E-state index is 0.105. The lowest BCUT2D eigenvalue weighted by atomic mass is 10.0. The maximum atomic E-state index is 11.6. The Kier molecular flexibility index (Phi) is 3.45. The number of ketones is 1. The van der Waals surface area contributed by atoms with Gasteiger partial charge in [-0.15, -0.1) is 0 Å². The summed E-state index contributed by atoms with van der Waals surface area (Å²) in [7, 11) is 0. The first-order chi connectivity index (χ1) is 8.00. The van der Waals surface area contributed by atoms with Crippen molar-refractivity contribution >= 4 is 34.7 Å². The van der Waals surface area contributed by atoms with Crippen molar-refractivity contribution in [1.29, 1.82) is 0 Å². The lowest BCUT2D eigenvalue weighted by molar-refractivity contribution is -0.115. The average Bonchev–Trinajstić information content (AvgIpc) is 3.09. The van der Waals surface area contributed by atoms with Gasteiger partial charge in [0.05, 0.1) is 10.0 Å². The molecule has 2 N–H and O–H groups in total. The third-order valence-corrected chi connectivity index (χ3v) is 3.83. The van der Waals surface area contributed by atoms with E-state index < -0.39 is 0 Å². The number of benzene rings is 1. The SMILES string of the molecule is Cc1c(C(N)=CC(=O)C2CC2)ccc(Cl)c1Cl. The lowest BCUT2D eigenvalue weighted by Gasteiger charge is -2.09. The van der Waals surface area contributed by atoms with E-state index in [0.717, 1.165) is 24.0 Å². The number of carbonyl (C=O) groups is 1. The van der Waals surface area contributed by atoms with Crippen LogP contribution in [-0.4, -0.2) is 5.78 Å². The Morgan fingerprint density at radius 2 is 2.06 bits per heavy atom. The fraction of sp³-hybridized carbons (Fsp3) is 0.308. The second-order valence-corrected chi connectivity index (χ2v) is 5.10. The van der Waals surface area contributed by atoms with Crippen LogP contribution >= 0.6 is 23.2 Å². The van der Waals surface area contributed by atoms with Crippen LogP contribution in [-0.2, 0) is 4.79 Å². The zero-order valence-corrected chi connectivity index (χ0v) is 11.0. The molecule has 0 aliphatic heterocycles. The normalized spacial score (nSPS) is 16.1. The first-order valence-corrected chi connectivity index (χ1v) is 6.22. The Labute approximate surface area is 110 Å². The van der Waals surface area contributed by atoms with Gasteiger partial charge in [-0.25, -0.2) is 0 Å². The molecule has 1 aromatic carbocycles. The summed E-state index contributed by atoms with van der Waals surface area (Å²) in [5.74, 6) is 0.282. The van der Waals surface area contributed by atoms with E-state index in [4.69, 9.17) is 28.9 Å². The molecule has 2 rings (SSSR count). The van der Waals surface area contributed by atoms with E-state index in [2.05, 4.69) is 0 Å². The minimum Gasteiger partial charge on any atom is -0.398 e. The van der Waals surface area contributed by atoms with Gasteiger partial charge in [-0.2, -0.15) is 0 Å². The number of rotatable bonds is 3. The zero-order valence-electron chi connectivity index (χ0n) is 9.47. The van der Waals surface area contributed by atoms with E-state index in [1.54, 1.807) is 12.1 Å². The predicted octanol–water partition coefficient (Wildman–Crippen LogP) is 3.58. The van der Waals surface area contributed by atoms with E-state index in [0.29, 0.717) is 15.7 Å². The molecule has 1 saturated carbocycles. The van der Waals surface area contributed by atoms with Gasteiger partial charge in [-0.1, -0.05) is 29.3 Å². The van der Waals surface area contributed by atoms with Crippen molar-refractivity contribution in [2.75, 3.05) is 0 Å². The van der Waals surface area contributed by atoms with Gasteiger partial charge in [-0.3, -0.25) is 4.79 Å². The van der Waals surface area contributed by atoms with Crippen molar-refractivity contribution in [1.82, 2.24) is 0 Å². The molecular weight excluding hydrogens is 257 g/mol. The average molecular weight is 270 g/mol. The molecule has 1 fully saturated rings. The molecule has 0 bridgehead atoms. The summed E-state index contributed by atoms with van der Waals surface area (Å²) in [6.07, 6.45) is 3.45. The summed E-state index contributed by atoms with van der Waals surface area (Å²) >= 11 is 11.9. The van der Waals surface area contributed by atoms with Crippen LogP contribution in [0.2, 0.25) is 10.0 Å². The van der Waals surface area contributed by atoms with E-state index in [9.17, 15) is 4.79 Å². The molecule has 1 aliphatic rings. The van der Waals surface area contributed by atoms with Gasteiger partial charge < -0.3 is 5.73 Å². The Morgan fingerprint density at radius 1 is 1.41 bits per heavy atom. The van der Waals surface area contributed by atoms with Crippen molar-refractivity contribution < 1.29 is 4.79 Å². The van der Waals surface area contributed by atoms with Crippen molar-refractivity contribution in [3.05, 3.63) is 39.4 Å². The fourth-order valence-corrected chi connectivity index (χ4v) is 2.05. The number of nitrogens with two attached hydrogens (primary N) is 1. The van der Waals surface area contributed by atoms with Crippen LogP contribution in [0.3, 0.4) is 0 Å². The summed E-state index contributed by atoms with van der Waals surface area (Å²) in [6, 6.07) is 3.48. The maximum absolute atomic E-state index is 11.6. The summed E-state index contributed by atoms with van der Waals surface area (Å²) < 4.78 is 0. The van der Waals surface area contributed by atoms with Crippen molar-refractivity contribution in [2.45, 2.75) is 19.8 Å². The van der Waals surface area contributed by atoms with Crippen LogP contribution in [0, 0.1) is 12.8 Å². The van der Waals surface area contributed by atoms with Crippen LogP contribution in [0.4, 0.5) is 0 Å². The molecule has 0 aromatic heterocycles. The van der Waals surface area contributed by atoms with Gasteiger partial charge in [0.25, 0.3) is 0 Å². The highest BCUT2D eigenvalue weighted by Gasteiger charge is 2.28. The molecule has 0 radical (unpaired) electrons. The summed E-state index contributed by atoms with van der Waals surface area (Å²) in [4.78, 5) is 11.6. The quantitative estimate of drug-likeness (QED) is 0.853. The van der Waals surface area contributed by atoms with Gasteiger partial charge in [0.1, 0.15) is 0 Å². The highest BCUT2D eigenvalue weighted by molar-refractivity contribution is 6.42.